The lowest BCUT2D eigenvalue weighted by molar-refractivity contribution is 0.124. The Kier molecular flexibility index (Phi) is 4.35. The van der Waals surface area contributed by atoms with E-state index in [0.29, 0.717) is 12.6 Å². The SMILES string of the molecule is NCCN1CCCC1CC(O)c1cccs1. The van der Waals surface area contributed by atoms with Gasteiger partial charge >= 0.3 is 0 Å². The fraction of sp³-hybridized carbons (Fsp3) is 0.667. The number of aliphatic hydroxyl groups is 1. The van der Waals surface area contributed by atoms with Crippen LogP contribution in [0.25, 0.3) is 0 Å². The molecule has 1 aliphatic rings. The number of hydrogen-bond acceptors (Lipinski definition) is 4. The summed E-state index contributed by atoms with van der Waals surface area (Å²) in [4.78, 5) is 3.50. The van der Waals surface area contributed by atoms with Crippen LogP contribution in [0, 0.1) is 0 Å². The van der Waals surface area contributed by atoms with Gasteiger partial charge in [0.15, 0.2) is 0 Å². The molecule has 4 heteroatoms. The molecule has 0 saturated carbocycles. The molecule has 1 saturated heterocycles. The summed E-state index contributed by atoms with van der Waals surface area (Å²) < 4.78 is 0. The summed E-state index contributed by atoms with van der Waals surface area (Å²) in [6.45, 7) is 2.81. The Labute approximate surface area is 101 Å². The van der Waals surface area contributed by atoms with Crippen LogP contribution in [0.2, 0.25) is 0 Å². The van der Waals surface area contributed by atoms with Crippen molar-refractivity contribution in [3.05, 3.63) is 22.4 Å². The van der Waals surface area contributed by atoms with Crippen molar-refractivity contribution in [1.82, 2.24) is 4.90 Å². The zero-order valence-corrected chi connectivity index (χ0v) is 10.3. The number of aliphatic hydroxyl groups excluding tert-OH is 1. The van der Waals surface area contributed by atoms with E-state index < -0.39 is 0 Å². The number of nitrogens with zero attached hydrogens (tertiary/aromatic N) is 1. The van der Waals surface area contributed by atoms with Gasteiger partial charge < -0.3 is 10.8 Å². The van der Waals surface area contributed by atoms with Crippen LogP contribution in [0.5, 0.6) is 0 Å². The van der Waals surface area contributed by atoms with Gasteiger partial charge in [-0.25, -0.2) is 0 Å². The molecular weight excluding hydrogens is 220 g/mol. The Morgan fingerprint density at radius 2 is 2.50 bits per heavy atom. The Bertz CT molecular complexity index is 302. The Morgan fingerprint density at radius 3 is 3.19 bits per heavy atom. The molecule has 2 rings (SSSR count). The molecule has 16 heavy (non-hydrogen) atoms. The molecule has 1 aromatic heterocycles. The van der Waals surface area contributed by atoms with Gasteiger partial charge in [-0.15, -0.1) is 11.3 Å². The molecule has 1 fully saturated rings. The van der Waals surface area contributed by atoms with Gasteiger partial charge in [0.1, 0.15) is 0 Å². The lowest BCUT2D eigenvalue weighted by atomic mass is 10.1. The van der Waals surface area contributed by atoms with Crippen molar-refractivity contribution in [2.45, 2.75) is 31.4 Å². The summed E-state index contributed by atoms with van der Waals surface area (Å²) >= 11 is 1.64. The largest absolute Gasteiger partial charge is 0.388 e. The van der Waals surface area contributed by atoms with E-state index in [-0.39, 0.29) is 6.10 Å². The maximum Gasteiger partial charge on any atom is 0.0896 e. The van der Waals surface area contributed by atoms with Gasteiger partial charge in [-0.1, -0.05) is 6.07 Å². The fourth-order valence-electron chi connectivity index (χ4n) is 2.48. The summed E-state index contributed by atoms with van der Waals surface area (Å²) in [5.74, 6) is 0. The van der Waals surface area contributed by atoms with Crippen molar-refractivity contribution in [3.8, 4) is 0 Å². The lowest BCUT2D eigenvalue weighted by Gasteiger charge is -2.25. The molecular formula is C12H20N2OS. The monoisotopic (exact) mass is 240 g/mol. The molecule has 0 bridgehead atoms. The molecule has 1 aromatic rings. The minimum atomic E-state index is -0.302. The Hall–Kier alpha value is -0.420. The summed E-state index contributed by atoms with van der Waals surface area (Å²) in [5.41, 5.74) is 5.59. The van der Waals surface area contributed by atoms with E-state index in [1.54, 1.807) is 11.3 Å². The van der Waals surface area contributed by atoms with Gasteiger partial charge in [-0.2, -0.15) is 0 Å². The second kappa shape index (κ2) is 5.77. The van der Waals surface area contributed by atoms with Gasteiger partial charge in [0.25, 0.3) is 0 Å². The molecule has 0 aromatic carbocycles. The van der Waals surface area contributed by atoms with E-state index in [0.717, 1.165) is 24.4 Å². The molecule has 0 radical (unpaired) electrons. The molecule has 2 unspecified atom stereocenters. The average Bonchev–Trinajstić information content (AvgIpc) is 2.90. The van der Waals surface area contributed by atoms with E-state index in [1.807, 2.05) is 17.5 Å². The standard InChI is InChI=1S/C12H20N2OS/c13-5-7-14-6-1-3-10(14)9-11(15)12-4-2-8-16-12/h2,4,8,10-11,15H,1,3,5-7,9,13H2. The minimum absolute atomic E-state index is 0.302. The van der Waals surface area contributed by atoms with Crippen LogP contribution in [0.1, 0.15) is 30.2 Å². The summed E-state index contributed by atoms with van der Waals surface area (Å²) in [7, 11) is 0. The van der Waals surface area contributed by atoms with Gasteiger partial charge in [0.05, 0.1) is 6.10 Å². The first kappa shape index (κ1) is 12.0. The summed E-state index contributed by atoms with van der Waals surface area (Å²) in [6, 6.07) is 4.52. The van der Waals surface area contributed by atoms with Crippen LogP contribution < -0.4 is 5.73 Å². The Morgan fingerprint density at radius 1 is 1.62 bits per heavy atom. The maximum absolute atomic E-state index is 10.1. The number of likely N-dealkylation sites (tertiary alicyclic amines) is 1. The highest BCUT2D eigenvalue weighted by Crippen LogP contribution is 2.28. The molecule has 2 heterocycles. The maximum atomic E-state index is 10.1. The van der Waals surface area contributed by atoms with E-state index in [1.165, 1.54) is 12.8 Å². The predicted octanol–water partition coefficient (Wildman–Crippen LogP) is 1.59. The van der Waals surface area contributed by atoms with E-state index in [9.17, 15) is 5.11 Å². The predicted molar refractivity (Wildman–Crippen MR) is 67.5 cm³/mol. The molecule has 0 spiro atoms. The number of rotatable bonds is 5. The van der Waals surface area contributed by atoms with Crippen LogP contribution in [0.4, 0.5) is 0 Å². The van der Waals surface area contributed by atoms with Gasteiger partial charge in [0.2, 0.25) is 0 Å². The molecule has 90 valence electrons. The van der Waals surface area contributed by atoms with Crippen molar-refractivity contribution >= 4 is 11.3 Å². The minimum Gasteiger partial charge on any atom is -0.388 e. The van der Waals surface area contributed by atoms with E-state index >= 15 is 0 Å². The van der Waals surface area contributed by atoms with Gasteiger partial charge in [0, 0.05) is 24.0 Å². The van der Waals surface area contributed by atoms with E-state index in [2.05, 4.69) is 4.90 Å². The van der Waals surface area contributed by atoms with Crippen molar-refractivity contribution in [3.63, 3.8) is 0 Å². The van der Waals surface area contributed by atoms with Crippen LogP contribution in [-0.2, 0) is 0 Å². The normalized spacial score (nSPS) is 23.8. The second-order valence-electron chi connectivity index (χ2n) is 4.39. The van der Waals surface area contributed by atoms with E-state index in [4.69, 9.17) is 5.73 Å². The summed E-state index contributed by atoms with van der Waals surface area (Å²) in [6.07, 6.45) is 2.98. The smallest absolute Gasteiger partial charge is 0.0896 e. The highest BCUT2D eigenvalue weighted by molar-refractivity contribution is 7.10. The molecule has 3 nitrogen and oxygen atoms in total. The third kappa shape index (κ3) is 2.83. The molecule has 1 aliphatic heterocycles. The first-order chi connectivity index (χ1) is 7.81. The van der Waals surface area contributed by atoms with Crippen LogP contribution in [0.15, 0.2) is 17.5 Å². The topological polar surface area (TPSA) is 49.5 Å². The first-order valence-corrected chi connectivity index (χ1v) is 6.85. The van der Waals surface area contributed by atoms with Gasteiger partial charge in [-0.3, -0.25) is 4.90 Å². The number of thiophene rings is 1. The number of hydrogen-bond donors (Lipinski definition) is 2. The molecule has 2 atom stereocenters. The van der Waals surface area contributed by atoms with Crippen LogP contribution in [-0.4, -0.2) is 35.7 Å². The molecule has 0 aliphatic carbocycles. The number of nitrogens with two attached hydrogens (primary N) is 1. The molecule has 3 N–H and O–H groups in total. The van der Waals surface area contributed by atoms with Crippen molar-refractivity contribution < 1.29 is 5.11 Å². The van der Waals surface area contributed by atoms with Crippen LogP contribution >= 0.6 is 11.3 Å². The van der Waals surface area contributed by atoms with Crippen molar-refractivity contribution in [2.24, 2.45) is 5.73 Å². The average molecular weight is 240 g/mol. The lowest BCUT2D eigenvalue weighted by Crippen LogP contribution is -2.34. The second-order valence-corrected chi connectivity index (χ2v) is 5.37. The Balaban J connectivity index is 1.88. The third-order valence-electron chi connectivity index (χ3n) is 3.28. The van der Waals surface area contributed by atoms with Crippen molar-refractivity contribution in [1.29, 1.82) is 0 Å². The summed E-state index contributed by atoms with van der Waals surface area (Å²) in [5, 5.41) is 12.1. The zero-order chi connectivity index (χ0) is 11.4. The molecule has 0 amide bonds. The first-order valence-electron chi connectivity index (χ1n) is 5.97. The van der Waals surface area contributed by atoms with Gasteiger partial charge in [-0.05, 0) is 37.3 Å². The third-order valence-corrected chi connectivity index (χ3v) is 4.26. The highest BCUT2D eigenvalue weighted by Gasteiger charge is 2.26. The zero-order valence-electron chi connectivity index (χ0n) is 9.51. The van der Waals surface area contributed by atoms with Crippen molar-refractivity contribution in [2.75, 3.05) is 19.6 Å². The quantitative estimate of drug-likeness (QED) is 0.822. The highest BCUT2D eigenvalue weighted by atomic mass is 32.1. The van der Waals surface area contributed by atoms with Crippen LogP contribution in [0.3, 0.4) is 0 Å². The fourth-order valence-corrected chi connectivity index (χ4v) is 3.20.